The number of ketones is 1. The summed E-state index contributed by atoms with van der Waals surface area (Å²) in [5.41, 5.74) is 2.95. The summed E-state index contributed by atoms with van der Waals surface area (Å²) >= 11 is 1.67. The predicted molar refractivity (Wildman–Crippen MR) is 101 cm³/mol. The number of carbonyl (C=O) groups is 1. The van der Waals surface area contributed by atoms with E-state index in [1.807, 2.05) is 48.7 Å². The molecule has 124 valence electrons. The predicted octanol–water partition coefficient (Wildman–Crippen LogP) is 4.14. The lowest BCUT2D eigenvalue weighted by molar-refractivity contribution is 0.104. The minimum absolute atomic E-state index is 0.0277. The Hall–Kier alpha value is -2.04. The Balaban J connectivity index is 1.63. The van der Waals surface area contributed by atoms with E-state index >= 15 is 0 Å². The van der Waals surface area contributed by atoms with Crippen molar-refractivity contribution in [3.63, 3.8) is 0 Å². The van der Waals surface area contributed by atoms with Gasteiger partial charge >= 0.3 is 0 Å². The molecule has 0 radical (unpaired) electrons. The van der Waals surface area contributed by atoms with Crippen molar-refractivity contribution in [2.24, 2.45) is 0 Å². The molecule has 0 unspecified atom stereocenters. The van der Waals surface area contributed by atoms with E-state index in [1.165, 1.54) is 5.69 Å². The lowest BCUT2D eigenvalue weighted by Gasteiger charge is -2.28. The van der Waals surface area contributed by atoms with Crippen molar-refractivity contribution in [1.29, 1.82) is 0 Å². The van der Waals surface area contributed by atoms with Crippen LogP contribution in [0, 0.1) is 0 Å². The number of thioether (sulfide) groups is 1. The van der Waals surface area contributed by atoms with E-state index in [0.29, 0.717) is 5.56 Å². The highest BCUT2D eigenvalue weighted by Crippen LogP contribution is 2.18. The van der Waals surface area contributed by atoms with Gasteiger partial charge in [0.25, 0.3) is 0 Å². The van der Waals surface area contributed by atoms with Crippen LogP contribution < -0.4 is 4.90 Å². The lowest BCUT2D eigenvalue weighted by atomic mass is 10.1. The van der Waals surface area contributed by atoms with E-state index in [-0.39, 0.29) is 5.78 Å². The summed E-state index contributed by atoms with van der Waals surface area (Å²) in [5.74, 6) is 0.0277. The zero-order chi connectivity index (χ0) is 16.8. The van der Waals surface area contributed by atoms with Crippen molar-refractivity contribution in [3.05, 3.63) is 65.7 Å². The Morgan fingerprint density at radius 3 is 2.33 bits per heavy atom. The smallest absolute Gasteiger partial charge is 0.185 e. The van der Waals surface area contributed by atoms with Gasteiger partial charge in [-0.1, -0.05) is 18.2 Å². The van der Waals surface area contributed by atoms with Crippen molar-refractivity contribution in [1.82, 2.24) is 0 Å². The maximum Gasteiger partial charge on any atom is 0.185 e. The number of anilines is 1. The molecule has 0 aromatic heterocycles. The molecule has 3 rings (SSSR count). The molecule has 2 aromatic carbocycles. The fourth-order valence-corrected chi connectivity index (χ4v) is 3.05. The van der Waals surface area contributed by atoms with Gasteiger partial charge in [0.05, 0.1) is 13.2 Å². The monoisotopic (exact) mass is 339 g/mol. The molecule has 0 atom stereocenters. The number of hydrogen-bond donors (Lipinski definition) is 0. The normalized spacial score (nSPS) is 15.0. The van der Waals surface area contributed by atoms with Crippen LogP contribution in [-0.2, 0) is 4.74 Å². The molecule has 3 nitrogen and oxygen atoms in total. The maximum absolute atomic E-state index is 12.2. The molecule has 0 bridgehead atoms. The highest BCUT2D eigenvalue weighted by molar-refractivity contribution is 7.98. The number of hydrogen-bond acceptors (Lipinski definition) is 4. The molecule has 1 aliphatic rings. The molecule has 1 aliphatic heterocycles. The Bertz CT molecular complexity index is 701. The van der Waals surface area contributed by atoms with Crippen LogP contribution in [0.2, 0.25) is 0 Å². The molecule has 1 heterocycles. The lowest BCUT2D eigenvalue weighted by Crippen LogP contribution is -2.36. The summed E-state index contributed by atoms with van der Waals surface area (Å²) in [5, 5.41) is 0. The van der Waals surface area contributed by atoms with E-state index in [2.05, 4.69) is 17.0 Å². The van der Waals surface area contributed by atoms with Gasteiger partial charge in [0, 0.05) is 29.2 Å². The number of carbonyl (C=O) groups excluding carboxylic acids is 1. The van der Waals surface area contributed by atoms with Crippen LogP contribution >= 0.6 is 11.8 Å². The van der Waals surface area contributed by atoms with E-state index in [1.54, 1.807) is 17.8 Å². The molecule has 0 amide bonds. The average Bonchev–Trinajstić information content (AvgIpc) is 2.67. The molecule has 1 saturated heterocycles. The van der Waals surface area contributed by atoms with Crippen molar-refractivity contribution >= 4 is 29.3 Å². The first kappa shape index (κ1) is 16.8. The standard InChI is InChI=1S/C20H21NO2S/c1-24-19-9-5-17(6-10-19)20(22)11-4-16-2-7-18(8-3-16)21-12-14-23-15-13-21/h2-11H,12-15H2,1H3/b11-4+. The summed E-state index contributed by atoms with van der Waals surface area (Å²) in [6, 6.07) is 16.0. The van der Waals surface area contributed by atoms with Crippen LogP contribution in [0.25, 0.3) is 6.08 Å². The summed E-state index contributed by atoms with van der Waals surface area (Å²) in [7, 11) is 0. The summed E-state index contributed by atoms with van der Waals surface area (Å²) in [6.07, 6.45) is 5.53. The second-order valence-electron chi connectivity index (χ2n) is 5.62. The first-order valence-corrected chi connectivity index (χ1v) is 9.28. The number of ether oxygens (including phenoxy) is 1. The first-order valence-electron chi connectivity index (χ1n) is 8.05. The highest BCUT2D eigenvalue weighted by Gasteiger charge is 2.10. The topological polar surface area (TPSA) is 29.5 Å². The summed E-state index contributed by atoms with van der Waals surface area (Å²) < 4.78 is 5.37. The van der Waals surface area contributed by atoms with Gasteiger partial charge in [-0.05, 0) is 54.3 Å². The zero-order valence-electron chi connectivity index (χ0n) is 13.8. The van der Waals surface area contributed by atoms with E-state index < -0.39 is 0 Å². The fourth-order valence-electron chi connectivity index (χ4n) is 2.64. The van der Waals surface area contributed by atoms with Crippen LogP contribution in [0.15, 0.2) is 59.5 Å². The summed E-state index contributed by atoms with van der Waals surface area (Å²) in [6.45, 7) is 3.43. The number of benzene rings is 2. The molecule has 4 heteroatoms. The van der Waals surface area contributed by atoms with E-state index in [9.17, 15) is 4.79 Å². The van der Waals surface area contributed by atoms with Gasteiger partial charge in [0.2, 0.25) is 0 Å². The summed E-state index contributed by atoms with van der Waals surface area (Å²) in [4.78, 5) is 15.7. The Kier molecular flexibility index (Phi) is 5.72. The third-order valence-electron chi connectivity index (χ3n) is 4.07. The minimum atomic E-state index is 0.0277. The third kappa shape index (κ3) is 4.28. The van der Waals surface area contributed by atoms with Crippen molar-refractivity contribution in [2.75, 3.05) is 37.5 Å². The maximum atomic E-state index is 12.2. The number of allylic oxidation sites excluding steroid dienone is 1. The molecule has 0 aliphatic carbocycles. The van der Waals surface area contributed by atoms with E-state index in [0.717, 1.165) is 36.8 Å². The first-order chi connectivity index (χ1) is 11.8. The molecule has 24 heavy (non-hydrogen) atoms. The molecular weight excluding hydrogens is 318 g/mol. The van der Waals surface area contributed by atoms with Crippen LogP contribution in [0.3, 0.4) is 0 Å². The van der Waals surface area contributed by atoms with Crippen molar-refractivity contribution < 1.29 is 9.53 Å². The second-order valence-corrected chi connectivity index (χ2v) is 6.50. The average molecular weight is 339 g/mol. The van der Waals surface area contributed by atoms with Gasteiger partial charge in [0.15, 0.2) is 5.78 Å². The largest absolute Gasteiger partial charge is 0.378 e. The Morgan fingerprint density at radius 2 is 1.71 bits per heavy atom. The van der Waals surface area contributed by atoms with Crippen LogP contribution in [0.1, 0.15) is 15.9 Å². The highest BCUT2D eigenvalue weighted by atomic mass is 32.2. The van der Waals surface area contributed by atoms with Gasteiger partial charge in [-0.2, -0.15) is 0 Å². The van der Waals surface area contributed by atoms with Gasteiger partial charge in [0.1, 0.15) is 0 Å². The van der Waals surface area contributed by atoms with Gasteiger partial charge < -0.3 is 9.64 Å². The number of rotatable bonds is 5. The minimum Gasteiger partial charge on any atom is -0.378 e. The SMILES string of the molecule is CSc1ccc(C(=O)/C=C/c2ccc(N3CCOCC3)cc2)cc1. The van der Waals surface area contributed by atoms with Crippen LogP contribution in [0.5, 0.6) is 0 Å². The van der Waals surface area contributed by atoms with Crippen molar-refractivity contribution in [3.8, 4) is 0 Å². The van der Waals surface area contributed by atoms with Crippen LogP contribution in [0.4, 0.5) is 5.69 Å². The van der Waals surface area contributed by atoms with Crippen molar-refractivity contribution in [2.45, 2.75) is 4.90 Å². The fraction of sp³-hybridized carbons (Fsp3) is 0.250. The van der Waals surface area contributed by atoms with E-state index in [4.69, 9.17) is 4.74 Å². The molecular formula is C20H21NO2S. The number of nitrogens with zero attached hydrogens (tertiary/aromatic N) is 1. The molecule has 1 fully saturated rings. The zero-order valence-corrected chi connectivity index (χ0v) is 14.6. The van der Waals surface area contributed by atoms with Gasteiger partial charge in [-0.25, -0.2) is 0 Å². The number of morpholine rings is 1. The Morgan fingerprint density at radius 1 is 1.04 bits per heavy atom. The molecule has 0 saturated carbocycles. The third-order valence-corrected chi connectivity index (χ3v) is 4.81. The molecule has 0 spiro atoms. The Labute approximate surface area is 147 Å². The quantitative estimate of drug-likeness (QED) is 0.465. The van der Waals surface area contributed by atoms with Crippen LogP contribution in [-0.4, -0.2) is 38.3 Å². The molecule has 0 N–H and O–H groups in total. The second kappa shape index (κ2) is 8.18. The van der Waals surface area contributed by atoms with Gasteiger partial charge in [-0.3, -0.25) is 4.79 Å². The van der Waals surface area contributed by atoms with Gasteiger partial charge in [-0.15, -0.1) is 11.8 Å². The molecule has 2 aromatic rings.